The maximum Gasteiger partial charge on any atom is 0.234 e. The topological polar surface area (TPSA) is 54.9 Å². The van der Waals surface area contributed by atoms with Crippen LogP contribution in [0.25, 0.3) is 22.3 Å². The lowest BCUT2D eigenvalue weighted by atomic mass is 10.2. The molecule has 0 fully saturated rings. The molecule has 4 aromatic rings. The number of rotatable bonds is 5. The van der Waals surface area contributed by atoms with Crippen molar-refractivity contribution in [2.45, 2.75) is 5.03 Å². The van der Waals surface area contributed by atoms with Gasteiger partial charge in [0.15, 0.2) is 5.82 Å². The van der Waals surface area contributed by atoms with Crippen LogP contribution in [0.1, 0.15) is 0 Å². The Morgan fingerprint density at radius 1 is 0.933 bits per heavy atom. The zero-order chi connectivity index (χ0) is 21.1. The number of nitrogens with zero attached hydrogens (tertiary/aromatic N) is 2. The molecule has 4 rings (SSSR count). The highest BCUT2D eigenvalue weighted by molar-refractivity contribution is 8.00. The SMILES string of the molecule is O=C(CSc1nc(-c2ccccc2)nc2ccc(Cl)cc12)Nc1cccc(Cl)c1Cl. The summed E-state index contributed by atoms with van der Waals surface area (Å²) in [7, 11) is 0. The fourth-order valence-corrected chi connectivity index (χ4v) is 4.15. The van der Waals surface area contributed by atoms with E-state index in [1.54, 1.807) is 30.3 Å². The minimum absolute atomic E-state index is 0.135. The van der Waals surface area contributed by atoms with Gasteiger partial charge < -0.3 is 5.32 Å². The Labute approximate surface area is 192 Å². The predicted octanol–water partition coefficient (Wildman–Crippen LogP) is 6.99. The number of hydrogen-bond donors (Lipinski definition) is 1. The molecule has 0 aliphatic rings. The summed E-state index contributed by atoms with van der Waals surface area (Å²) in [6.07, 6.45) is 0. The number of aromatic nitrogens is 2. The fourth-order valence-electron chi connectivity index (χ4n) is 2.82. The van der Waals surface area contributed by atoms with Crippen LogP contribution in [0.3, 0.4) is 0 Å². The summed E-state index contributed by atoms with van der Waals surface area (Å²) in [4.78, 5) is 21.8. The number of halogens is 3. The first kappa shape index (κ1) is 20.9. The quantitative estimate of drug-likeness (QED) is 0.250. The van der Waals surface area contributed by atoms with Crippen molar-refractivity contribution in [2.75, 3.05) is 11.1 Å². The van der Waals surface area contributed by atoms with E-state index in [2.05, 4.69) is 15.3 Å². The van der Waals surface area contributed by atoms with Gasteiger partial charge in [-0.25, -0.2) is 9.97 Å². The summed E-state index contributed by atoms with van der Waals surface area (Å²) >= 11 is 19.6. The standard InChI is InChI=1S/C22H14Cl3N3OS/c23-14-9-10-17-15(11-14)22(28-21(27-17)13-5-2-1-3-6-13)30-12-19(29)26-18-8-4-7-16(24)20(18)25/h1-11H,12H2,(H,26,29). The van der Waals surface area contributed by atoms with E-state index in [1.165, 1.54) is 11.8 Å². The lowest BCUT2D eigenvalue weighted by Crippen LogP contribution is -2.14. The van der Waals surface area contributed by atoms with Crippen molar-refractivity contribution in [3.63, 3.8) is 0 Å². The van der Waals surface area contributed by atoms with E-state index in [0.717, 1.165) is 16.5 Å². The third kappa shape index (κ3) is 4.71. The second-order valence-electron chi connectivity index (χ2n) is 6.32. The van der Waals surface area contributed by atoms with E-state index < -0.39 is 0 Å². The third-order valence-corrected chi connectivity index (χ3v) is 6.27. The van der Waals surface area contributed by atoms with E-state index >= 15 is 0 Å². The molecule has 0 aliphatic heterocycles. The van der Waals surface area contributed by atoms with Crippen molar-refractivity contribution in [1.82, 2.24) is 9.97 Å². The number of carbonyl (C=O) groups excluding carboxylic acids is 1. The zero-order valence-corrected chi connectivity index (χ0v) is 18.5. The lowest BCUT2D eigenvalue weighted by Gasteiger charge is -2.10. The molecule has 1 amide bonds. The molecule has 0 unspecified atom stereocenters. The Morgan fingerprint density at radius 2 is 1.73 bits per heavy atom. The molecule has 0 spiro atoms. The molecule has 0 atom stereocenters. The second-order valence-corrected chi connectivity index (χ2v) is 8.50. The number of nitrogens with one attached hydrogen (secondary N) is 1. The molecular formula is C22H14Cl3N3OS. The first-order valence-electron chi connectivity index (χ1n) is 8.90. The van der Waals surface area contributed by atoms with Crippen molar-refractivity contribution in [2.24, 2.45) is 0 Å². The van der Waals surface area contributed by atoms with Gasteiger partial charge in [-0.2, -0.15) is 0 Å². The molecule has 1 N–H and O–H groups in total. The molecule has 0 aliphatic carbocycles. The molecule has 8 heteroatoms. The highest BCUT2D eigenvalue weighted by atomic mass is 35.5. The van der Waals surface area contributed by atoms with Crippen LogP contribution in [0.2, 0.25) is 15.1 Å². The van der Waals surface area contributed by atoms with Gasteiger partial charge in [0.1, 0.15) is 5.03 Å². The van der Waals surface area contributed by atoms with E-state index in [9.17, 15) is 4.79 Å². The Kier molecular flexibility index (Phi) is 6.44. The summed E-state index contributed by atoms with van der Waals surface area (Å²) in [6.45, 7) is 0. The van der Waals surface area contributed by atoms with Gasteiger partial charge in [0, 0.05) is 16.0 Å². The van der Waals surface area contributed by atoms with Crippen molar-refractivity contribution < 1.29 is 4.79 Å². The van der Waals surface area contributed by atoms with Crippen LogP contribution in [-0.4, -0.2) is 21.6 Å². The van der Waals surface area contributed by atoms with E-state index in [1.807, 2.05) is 36.4 Å². The normalized spacial score (nSPS) is 10.9. The monoisotopic (exact) mass is 473 g/mol. The molecule has 0 saturated heterocycles. The molecule has 30 heavy (non-hydrogen) atoms. The van der Waals surface area contributed by atoms with Gasteiger partial charge in [-0.15, -0.1) is 0 Å². The minimum atomic E-state index is -0.223. The van der Waals surface area contributed by atoms with Crippen LogP contribution in [0, 0.1) is 0 Å². The number of anilines is 1. The smallest absolute Gasteiger partial charge is 0.234 e. The molecule has 3 aromatic carbocycles. The molecule has 150 valence electrons. The summed E-state index contributed by atoms with van der Waals surface area (Å²) in [6, 6.07) is 20.2. The maximum absolute atomic E-state index is 12.5. The number of hydrogen-bond acceptors (Lipinski definition) is 4. The van der Waals surface area contributed by atoms with Gasteiger partial charge in [0.2, 0.25) is 5.91 Å². The Bertz CT molecular complexity index is 1240. The second kappa shape index (κ2) is 9.23. The van der Waals surface area contributed by atoms with Crippen molar-refractivity contribution in [3.05, 3.63) is 81.8 Å². The van der Waals surface area contributed by atoms with Crippen molar-refractivity contribution >= 4 is 69.1 Å². The molecule has 0 saturated carbocycles. The third-order valence-electron chi connectivity index (χ3n) is 4.22. The molecule has 0 radical (unpaired) electrons. The number of amides is 1. The Hall–Kier alpha value is -2.31. The van der Waals surface area contributed by atoms with E-state index in [4.69, 9.17) is 34.8 Å². The zero-order valence-electron chi connectivity index (χ0n) is 15.4. The summed E-state index contributed by atoms with van der Waals surface area (Å²) in [5.74, 6) is 0.501. The van der Waals surface area contributed by atoms with Gasteiger partial charge in [0.05, 0.1) is 27.0 Å². The number of benzene rings is 3. The number of thioether (sulfide) groups is 1. The molecular weight excluding hydrogens is 461 g/mol. The molecule has 1 aromatic heterocycles. The van der Waals surface area contributed by atoms with Gasteiger partial charge in [-0.3, -0.25) is 4.79 Å². The highest BCUT2D eigenvalue weighted by Gasteiger charge is 2.14. The van der Waals surface area contributed by atoms with Crippen molar-refractivity contribution in [3.8, 4) is 11.4 Å². The van der Waals surface area contributed by atoms with Gasteiger partial charge in [0.25, 0.3) is 0 Å². The lowest BCUT2D eigenvalue weighted by molar-refractivity contribution is -0.113. The molecule has 1 heterocycles. The van der Waals surface area contributed by atoms with Crippen LogP contribution in [0.15, 0.2) is 71.8 Å². The summed E-state index contributed by atoms with van der Waals surface area (Å²) in [5, 5.41) is 5.52. The highest BCUT2D eigenvalue weighted by Crippen LogP contribution is 2.32. The van der Waals surface area contributed by atoms with Crippen LogP contribution >= 0.6 is 46.6 Å². The van der Waals surface area contributed by atoms with Crippen LogP contribution < -0.4 is 5.32 Å². The van der Waals surface area contributed by atoms with Crippen molar-refractivity contribution in [1.29, 1.82) is 0 Å². The summed E-state index contributed by atoms with van der Waals surface area (Å²) in [5.41, 5.74) is 2.12. The fraction of sp³-hybridized carbons (Fsp3) is 0.0455. The van der Waals surface area contributed by atoms with Gasteiger partial charge >= 0.3 is 0 Å². The van der Waals surface area contributed by atoms with Crippen LogP contribution in [0.4, 0.5) is 5.69 Å². The molecule has 0 bridgehead atoms. The first-order chi connectivity index (χ1) is 14.5. The first-order valence-corrected chi connectivity index (χ1v) is 11.0. The van der Waals surface area contributed by atoms with E-state index in [-0.39, 0.29) is 11.7 Å². The Balaban J connectivity index is 1.61. The largest absolute Gasteiger partial charge is 0.324 e. The predicted molar refractivity (Wildman–Crippen MR) is 126 cm³/mol. The van der Waals surface area contributed by atoms with Crippen LogP contribution in [0.5, 0.6) is 0 Å². The average molecular weight is 475 g/mol. The van der Waals surface area contributed by atoms with Gasteiger partial charge in [-0.1, -0.05) is 83.0 Å². The minimum Gasteiger partial charge on any atom is -0.324 e. The van der Waals surface area contributed by atoms with Gasteiger partial charge in [-0.05, 0) is 30.3 Å². The van der Waals surface area contributed by atoms with E-state index in [0.29, 0.717) is 31.6 Å². The summed E-state index contributed by atoms with van der Waals surface area (Å²) < 4.78 is 0. The Morgan fingerprint density at radius 3 is 2.53 bits per heavy atom. The number of fused-ring (bicyclic) bond motifs is 1. The number of carbonyl (C=O) groups is 1. The van der Waals surface area contributed by atoms with Crippen LogP contribution in [-0.2, 0) is 4.79 Å². The maximum atomic E-state index is 12.5. The molecule has 4 nitrogen and oxygen atoms in total. The average Bonchev–Trinajstić information content (AvgIpc) is 2.76.